The van der Waals surface area contributed by atoms with Crippen LogP contribution in [0.1, 0.15) is 0 Å². The van der Waals surface area contributed by atoms with Crippen LogP contribution in [0.4, 0.5) is 16.2 Å². The number of hydrogen-bond acceptors (Lipinski definition) is 3. The Kier molecular flexibility index (Phi) is 22.2. The molecule has 2 radical (unpaired) electrons. The molecule has 7 nitrogen and oxygen atoms in total. The Hall–Kier alpha value is -1.52. The molecule has 2 aromatic carbocycles. The minimum atomic E-state index is -1.83. The van der Waals surface area contributed by atoms with Crippen molar-refractivity contribution in [2.75, 3.05) is 13.5 Å². The molecule has 24 heavy (non-hydrogen) atoms. The number of rotatable bonds is 4. The summed E-state index contributed by atoms with van der Waals surface area (Å²) in [6.45, 7) is -0.270. The summed E-state index contributed by atoms with van der Waals surface area (Å²) in [6.07, 6.45) is -1.83. The molecule has 0 aromatic heterocycles. The van der Waals surface area contributed by atoms with Crippen molar-refractivity contribution in [1.82, 2.24) is 0 Å². The summed E-state index contributed by atoms with van der Waals surface area (Å²) in [4.78, 5) is 8.56. The van der Waals surface area contributed by atoms with Crippen LogP contribution in [0.25, 0.3) is 10.6 Å². The van der Waals surface area contributed by atoms with E-state index in [0.29, 0.717) is 6.67 Å². The molecular weight excluding hydrogens is 490 g/mol. The summed E-state index contributed by atoms with van der Waals surface area (Å²) in [6, 6.07) is 19.7. The largest absolute Gasteiger partial charge is 1.00 e. The van der Waals surface area contributed by atoms with Crippen LogP contribution in [0, 0.1) is 0 Å². The van der Waals surface area contributed by atoms with Gasteiger partial charge in [-0.25, -0.2) is 11.5 Å². The van der Waals surface area contributed by atoms with Crippen LogP contribution in [0.3, 0.4) is 0 Å². The normalized spacial score (nSPS) is 7.75. The van der Waals surface area contributed by atoms with Gasteiger partial charge in [0.05, 0.1) is 0 Å². The Morgan fingerprint density at radius 3 is 1.25 bits per heavy atom. The molecule has 0 fully saturated rings. The zero-order valence-corrected chi connectivity index (χ0v) is 16.0. The van der Waals surface area contributed by atoms with E-state index in [1.165, 1.54) is 0 Å². The summed E-state index contributed by atoms with van der Waals surface area (Å²) < 4.78 is 0. The standard InChI is InChI=1S/C13H12N2.CH2O3.CH4O2.2Ru/c1-3-7-12(8-4-1)14-11-15-13-9-5-2-6-10-13;2-1(3)4;2-1-3;;/h1-10H,11H2;(H2,2,3,4);2-3H,1H2;;/q-2;;;2*+1. The van der Waals surface area contributed by atoms with Crippen molar-refractivity contribution in [2.24, 2.45) is 0 Å². The quantitative estimate of drug-likeness (QED) is 0.372. The third-order valence-electron chi connectivity index (χ3n) is 2.02. The first-order valence-electron chi connectivity index (χ1n) is 6.18. The first-order chi connectivity index (χ1) is 10.6. The number of carbonyl (C=O) groups is 1. The van der Waals surface area contributed by atoms with Gasteiger partial charge < -0.3 is 31.1 Å². The fraction of sp³-hybridized carbons (Fsp3) is 0.133. The Labute approximate surface area is 166 Å². The van der Waals surface area contributed by atoms with Crippen molar-refractivity contribution in [1.29, 1.82) is 0 Å². The monoisotopic (exact) mass is 510 g/mol. The zero-order valence-electron chi connectivity index (χ0n) is 12.5. The van der Waals surface area contributed by atoms with E-state index >= 15 is 0 Å². The predicted octanol–water partition coefficient (Wildman–Crippen LogP) is 3.50. The van der Waals surface area contributed by atoms with Crippen molar-refractivity contribution in [3.8, 4) is 0 Å². The van der Waals surface area contributed by atoms with E-state index < -0.39 is 12.9 Å². The van der Waals surface area contributed by atoms with Gasteiger partial charge in [0.2, 0.25) is 0 Å². The van der Waals surface area contributed by atoms with Crippen molar-refractivity contribution in [2.45, 2.75) is 0 Å². The van der Waals surface area contributed by atoms with E-state index in [-0.39, 0.29) is 39.0 Å². The first kappa shape index (κ1) is 27.3. The minimum absolute atomic E-state index is 0. The predicted molar refractivity (Wildman–Crippen MR) is 83.7 cm³/mol. The van der Waals surface area contributed by atoms with Crippen LogP contribution in [0.5, 0.6) is 0 Å². The Morgan fingerprint density at radius 2 is 1.00 bits per heavy atom. The van der Waals surface area contributed by atoms with Gasteiger partial charge in [0.1, 0.15) is 6.79 Å². The van der Waals surface area contributed by atoms with Crippen molar-refractivity contribution in [3.63, 3.8) is 0 Å². The average Bonchev–Trinajstić information content (AvgIpc) is 2.50. The van der Waals surface area contributed by atoms with E-state index in [0.717, 1.165) is 11.4 Å². The van der Waals surface area contributed by atoms with E-state index in [1.807, 2.05) is 60.7 Å². The number of para-hydroxylation sites is 2. The van der Waals surface area contributed by atoms with Gasteiger partial charge in [-0.3, -0.25) is 0 Å². The maximum Gasteiger partial charge on any atom is 1.00 e. The third-order valence-corrected chi connectivity index (χ3v) is 2.02. The molecule has 0 spiro atoms. The smallest absolute Gasteiger partial charge is 0.699 e. The topological polar surface area (TPSA) is 126 Å². The molecule has 134 valence electrons. The van der Waals surface area contributed by atoms with Gasteiger partial charge in [-0.05, 0) is 0 Å². The van der Waals surface area contributed by atoms with Gasteiger partial charge in [0.25, 0.3) is 0 Å². The molecule has 0 aliphatic rings. The van der Waals surface area contributed by atoms with Gasteiger partial charge in [0, 0.05) is 0 Å². The summed E-state index contributed by atoms with van der Waals surface area (Å²) in [5, 5.41) is 36.9. The van der Waals surface area contributed by atoms with Crippen LogP contribution in [-0.2, 0) is 39.0 Å². The van der Waals surface area contributed by atoms with Crippen LogP contribution < -0.4 is 0 Å². The molecule has 0 bridgehead atoms. The summed E-state index contributed by atoms with van der Waals surface area (Å²) in [5.41, 5.74) is 1.94. The molecular formula is C15H18N2O5Ru2. The molecule has 0 unspecified atom stereocenters. The van der Waals surface area contributed by atoms with Gasteiger partial charge in [-0.15, -0.1) is 11.4 Å². The molecule has 2 rings (SSSR count). The van der Waals surface area contributed by atoms with Gasteiger partial charge in [-0.1, -0.05) is 60.7 Å². The second-order valence-corrected chi connectivity index (χ2v) is 3.55. The zero-order chi connectivity index (χ0) is 16.6. The van der Waals surface area contributed by atoms with Gasteiger partial charge >= 0.3 is 45.1 Å². The SMILES string of the molecule is O=C(O)O.OCO.[Ru+].[Ru+].c1ccc([N-]C[N-]c2ccccc2)cc1. The molecule has 0 saturated heterocycles. The van der Waals surface area contributed by atoms with Crippen molar-refractivity contribution >= 4 is 17.5 Å². The molecule has 0 aliphatic carbocycles. The second kappa shape index (κ2) is 19.5. The molecule has 0 amide bonds. The second-order valence-electron chi connectivity index (χ2n) is 3.55. The fourth-order valence-corrected chi connectivity index (χ4v) is 1.27. The van der Waals surface area contributed by atoms with Gasteiger partial charge in [0.15, 0.2) is 0 Å². The van der Waals surface area contributed by atoms with Crippen LogP contribution in [0.15, 0.2) is 60.7 Å². The first-order valence-corrected chi connectivity index (χ1v) is 6.18. The maximum absolute atomic E-state index is 8.56. The van der Waals surface area contributed by atoms with E-state index in [9.17, 15) is 0 Å². The molecule has 2 aromatic rings. The molecule has 4 N–H and O–H groups in total. The van der Waals surface area contributed by atoms with Crippen molar-refractivity contribution in [3.05, 3.63) is 71.3 Å². The number of carboxylic acid groups (broad SMARTS) is 2. The molecule has 0 saturated carbocycles. The number of aliphatic hydroxyl groups excluding tert-OH is 1. The fourth-order valence-electron chi connectivity index (χ4n) is 1.27. The molecule has 0 atom stereocenters. The van der Waals surface area contributed by atoms with E-state index in [4.69, 9.17) is 25.2 Å². The van der Waals surface area contributed by atoms with Crippen LogP contribution >= 0.6 is 0 Å². The molecule has 9 heteroatoms. The Balaban J connectivity index is -0.000000425. The molecule has 0 heterocycles. The third kappa shape index (κ3) is 18.5. The number of aliphatic hydroxyl groups is 2. The van der Waals surface area contributed by atoms with Gasteiger partial charge in [-0.2, -0.15) is 0 Å². The van der Waals surface area contributed by atoms with E-state index in [2.05, 4.69) is 10.6 Å². The number of nitrogens with zero attached hydrogens (tertiary/aromatic N) is 2. The average molecular weight is 508 g/mol. The Bertz CT molecular complexity index is 460. The molecule has 0 aliphatic heterocycles. The van der Waals surface area contributed by atoms with E-state index in [1.54, 1.807) is 0 Å². The summed E-state index contributed by atoms with van der Waals surface area (Å²) >= 11 is 0. The number of hydrogen-bond donors (Lipinski definition) is 4. The number of benzene rings is 2. The minimum Gasteiger partial charge on any atom is -0.699 e. The Morgan fingerprint density at radius 1 is 0.750 bits per heavy atom. The van der Waals surface area contributed by atoms with Crippen LogP contribution in [0.2, 0.25) is 0 Å². The maximum atomic E-state index is 8.56. The van der Waals surface area contributed by atoms with Crippen molar-refractivity contribution < 1.29 is 64.2 Å². The summed E-state index contributed by atoms with van der Waals surface area (Å²) in [7, 11) is 0. The summed E-state index contributed by atoms with van der Waals surface area (Å²) in [5.74, 6) is 0. The van der Waals surface area contributed by atoms with Crippen LogP contribution in [-0.4, -0.2) is 40.0 Å².